The van der Waals surface area contributed by atoms with E-state index in [0.717, 1.165) is 6.42 Å². The SMILES string of the molecule is CCCNC(=O)C(C)NCCNC(N)=O. The van der Waals surface area contributed by atoms with Gasteiger partial charge < -0.3 is 21.7 Å². The lowest BCUT2D eigenvalue weighted by molar-refractivity contribution is -0.122. The second-order valence-corrected chi connectivity index (χ2v) is 3.26. The summed E-state index contributed by atoms with van der Waals surface area (Å²) in [6, 6.07) is -0.814. The lowest BCUT2D eigenvalue weighted by atomic mass is 10.3. The molecule has 0 saturated heterocycles. The molecule has 0 heterocycles. The molecule has 1 atom stereocenters. The molecule has 0 spiro atoms. The molecule has 0 aliphatic heterocycles. The lowest BCUT2D eigenvalue weighted by Gasteiger charge is -2.13. The fourth-order valence-corrected chi connectivity index (χ4v) is 0.968. The number of primary amides is 1. The van der Waals surface area contributed by atoms with E-state index in [1.807, 2.05) is 6.92 Å². The number of amides is 3. The summed E-state index contributed by atoms with van der Waals surface area (Å²) in [5, 5.41) is 8.16. The third kappa shape index (κ3) is 7.75. The maximum Gasteiger partial charge on any atom is 0.312 e. The summed E-state index contributed by atoms with van der Waals surface area (Å²) in [5.74, 6) is -0.0316. The first kappa shape index (κ1) is 13.7. The normalized spacial score (nSPS) is 11.9. The van der Waals surface area contributed by atoms with Crippen LogP contribution in [0.15, 0.2) is 0 Å². The minimum Gasteiger partial charge on any atom is -0.355 e. The predicted molar refractivity (Wildman–Crippen MR) is 58.4 cm³/mol. The van der Waals surface area contributed by atoms with Crippen LogP contribution in [-0.2, 0) is 4.79 Å². The van der Waals surface area contributed by atoms with Crippen molar-refractivity contribution in [2.24, 2.45) is 5.73 Å². The van der Waals surface area contributed by atoms with Gasteiger partial charge in [0.05, 0.1) is 6.04 Å². The van der Waals surface area contributed by atoms with Crippen LogP contribution in [-0.4, -0.2) is 37.6 Å². The highest BCUT2D eigenvalue weighted by Crippen LogP contribution is 1.81. The Kier molecular flexibility index (Phi) is 7.35. The maximum atomic E-state index is 11.3. The van der Waals surface area contributed by atoms with E-state index in [2.05, 4.69) is 16.0 Å². The molecule has 1 unspecified atom stereocenters. The van der Waals surface area contributed by atoms with E-state index in [4.69, 9.17) is 5.73 Å². The number of rotatable bonds is 7. The molecule has 5 N–H and O–H groups in total. The molecule has 0 aromatic rings. The zero-order valence-corrected chi connectivity index (χ0v) is 9.30. The molecule has 3 amide bonds. The molecule has 0 saturated carbocycles. The number of hydrogen-bond acceptors (Lipinski definition) is 3. The smallest absolute Gasteiger partial charge is 0.312 e. The van der Waals surface area contributed by atoms with Gasteiger partial charge in [-0.25, -0.2) is 4.79 Å². The van der Waals surface area contributed by atoms with Gasteiger partial charge in [0.15, 0.2) is 0 Å². The molecule has 6 nitrogen and oxygen atoms in total. The Balaban J connectivity index is 3.50. The summed E-state index contributed by atoms with van der Waals surface area (Å²) < 4.78 is 0. The van der Waals surface area contributed by atoms with Gasteiger partial charge >= 0.3 is 6.03 Å². The Labute approximate surface area is 90.0 Å². The van der Waals surface area contributed by atoms with Crippen molar-refractivity contribution in [2.45, 2.75) is 26.3 Å². The molecule has 0 bridgehead atoms. The van der Waals surface area contributed by atoms with Crippen LogP contribution in [0.1, 0.15) is 20.3 Å². The first-order valence-electron chi connectivity index (χ1n) is 5.12. The van der Waals surface area contributed by atoms with Gasteiger partial charge in [-0.05, 0) is 13.3 Å². The van der Waals surface area contributed by atoms with E-state index >= 15 is 0 Å². The number of hydrogen-bond donors (Lipinski definition) is 4. The van der Waals surface area contributed by atoms with Crippen molar-refractivity contribution in [3.05, 3.63) is 0 Å². The van der Waals surface area contributed by atoms with Gasteiger partial charge in [0.25, 0.3) is 0 Å². The number of nitrogens with two attached hydrogens (primary N) is 1. The van der Waals surface area contributed by atoms with Gasteiger partial charge in [-0.2, -0.15) is 0 Å². The van der Waals surface area contributed by atoms with Gasteiger partial charge in [0, 0.05) is 19.6 Å². The minimum absolute atomic E-state index is 0.0316. The monoisotopic (exact) mass is 216 g/mol. The van der Waals surface area contributed by atoms with Crippen molar-refractivity contribution in [3.8, 4) is 0 Å². The standard InChI is InChI=1S/C9H20N4O2/c1-3-4-12-8(14)7(2)11-5-6-13-9(10)15/h7,11H,3-6H2,1-2H3,(H,12,14)(H3,10,13,15). The van der Waals surface area contributed by atoms with Crippen LogP contribution >= 0.6 is 0 Å². The molecule has 0 radical (unpaired) electrons. The van der Waals surface area contributed by atoms with Gasteiger partial charge in [-0.3, -0.25) is 4.79 Å². The molecule has 88 valence electrons. The number of carbonyl (C=O) groups excluding carboxylic acids is 2. The number of urea groups is 1. The molecule has 0 aliphatic carbocycles. The van der Waals surface area contributed by atoms with Crippen LogP contribution in [0.4, 0.5) is 4.79 Å². The second kappa shape index (κ2) is 8.05. The third-order valence-electron chi connectivity index (χ3n) is 1.82. The summed E-state index contributed by atoms with van der Waals surface area (Å²) in [5.41, 5.74) is 4.88. The third-order valence-corrected chi connectivity index (χ3v) is 1.82. The summed E-state index contributed by atoms with van der Waals surface area (Å²) in [6.07, 6.45) is 0.918. The van der Waals surface area contributed by atoms with E-state index in [1.54, 1.807) is 6.92 Å². The summed E-state index contributed by atoms with van der Waals surface area (Å²) in [7, 11) is 0. The quantitative estimate of drug-likeness (QED) is 0.418. The van der Waals surface area contributed by atoms with E-state index in [1.165, 1.54) is 0 Å². The van der Waals surface area contributed by atoms with Crippen molar-refractivity contribution in [1.82, 2.24) is 16.0 Å². The summed E-state index contributed by atoms with van der Waals surface area (Å²) in [4.78, 5) is 21.7. The Morgan fingerprint density at radius 2 is 1.87 bits per heavy atom. The molecule has 15 heavy (non-hydrogen) atoms. The van der Waals surface area contributed by atoms with Crippen molar-refractivity contribution in [1.29, 1.82) is 0 Å². The molecule has 0 aromatic carbocycles. The van der Waals surface area contributed by atoms with Crippen molar-refractivity contribution < 1.29 is 9.59 Å². The van der Waals surface area contributed by atoms with Crippen LogP contribution in [0.5, 0.6) is 0 Å². The zero-order chi connectivity index (χ0) is 11.7. The highest BCUT2D eigenvalue weighted by atomic mass is 16.2. The molecule has 0 aliphatic rings. The van der Waals surface area contributed by atoms with Crippen LogP contribution in [0.3, 0.4) is 0 Å². The fourth-order valence-electron chi connectivity index (χ4n) is 0.968. The van der Waals surface area contributed by atoms with Crippen LogP contribution in [0.2, 0.25) is 0 Å². The van der Waals surface area contributed by atoms with E-state index in [0.29, 0.717) is 19.6 Å². The number of nitrogens with one attached hydrogen (secondary N) is 3. The minimum atomic E-state index is -0.556. The fraction of sp³-hybridized carbons (Fsp3) is 0.778. The topological polar surface area (TPSA) is 96.2 Å². The Hall–Kier alpha value is -1.30. The lowest BCUT2D eigenvalue weighted by Crippen LogP contribution is -2.45. The van der Waals surface area contributed by atoms with Crippen LogP contribution in [0.25, 0.3) is 0 Å². The average Bonchev–Trinajstić information content (AvgIpc) is 2.20. The van der Waals surface area contributed by atoms with Crippen molar-refractivity contribution in [2.75, 3.05) is 19.6 Å². The largest absolute Gasteiger partial charge is 0.355 e. The van der Waals surface area contributed by atoms with Crippen molar-refractivity contribution in [3.63, 3.8) is 0 Å². The van der Waals surface area contributed by atoms with Gasteiger partial charge in [-0.1, -0.05) is 6.92 Å². The maximum absolute atomic E-state index is 11.3. The average molecular weight is 216 g/mol. The van der Waals surface area contributed by atoms with Crippen molar-refractivity contribution >= 4 is 11.9 Å². The highest BCUT2D eigenvalue weighted by molar-refractivity contribution is 5.81. The molecular weight excluding hydrogens is 196 g/mol. The zero-order valence-electron chi connectivity index (χ0n) is 9.30. The van der Waals surface area contributed by atoms with Gasteiger partial charge in [0.2, 0.25) is 5.91 Å². The van der Waals surface area contributed by atoms with Gasteiger partial charge in [0.1, 0.15) is 0 Å². The highest BCUT2D eigenvalue weighted by Gasteiger charge is 2.09. The molecular formula is C9H20N4O2. The second-order valence-electron chi connectivity index (χ2n) is 3.26. The Morgan fingerprint density at radius 3 is 2.40 bits per heavy atom. The van der Waals surface area contributed by atoms with E-state index < -0.39 is 6.03 Å². The summed E-state index contributed by atoms with van der Waals surface area (Å²) in [6.45, 7) is 5.39. The first-order valence-corrected chi connectivity index (χ1v) is 5.12. The molecule has 0 fully saturated rings. The molecule has 6 heteroatoms. The molecule has 0 aromatic heterocycles. The number of carbonyl (C=O) groups is 2. The van der Waals surface area contributed by atoms with E-state index in [9.17, 15) is 9.59 Å². The Morgan fingerprint density at radius 1 is 1.20 bits per heavy atom. The van der Waals surface area contributed by atoms with Gasteiger partial charge in [-0.15, -0.1) is 0 Å². The van der Waals surface area contributed by atoms with E-state index in [-0.39, 0.29) is 11.9 Å². The molecule has 0 rings (SSSR count). The Bertz CT molecular complexity index is 208. The van der Waals surface area contributed by atoms with Crippen LogP contribution < -0.4 is 21.7 Å². The summed E-state index contributed by atoms with van der Waals surface area (Å²) >= 11 is 0. The van der Waals surface area contributed by atoms with Crippen LogP contribution in [0, 0.1) is 0 Å². The first-order chi connectivity index (χ1) is 7.07. The predicted octanol–water partition coefficient (Wildman–Crippen LogP) is -0.841.